The summed E-state index contributed by atoms with van der Waals surface area (Å²) in [6, 6.07) is 7.11. The summed E-state index contributed by atoms with van der Waals surface area (Å²) in [5.41, 5.74) is 5.18. The van der Waals surface area contributed by atoms with Crippen LogP contribution in [0.15, 0.2) is 30.6 Å². The Morgan fingerprint density at radius 3 is 2.80 bits per heavy atom. The Morgan fingerprint density at radius 1 is 1.12 bits per heavy atom. The second kappa shape index (κ2) is 5.83. The second-order valence-corrected chi connectivity index (χ2v) is 7.40. The first kappa shape index (κ1) is 14.9. The van der Waals surface area contributed by atoms with Crippen LogP contribution in [0.4, 0.5) is 5.82 Å². The highest BCUT2D eigenvalue weighted by Gasteiger charge is 2.29. The van der Waals surface area contributed by atoms with Crippen molar-refractivity contribution >= 4 is 11.5 Å². The van der Waals surface area contributed by atoms with E-state index in [4.69, 9.17) is 0 Å². The molecule has 3 aromatic rings. The summed E-state index contributed by atoms with van der Waals surface area (Å²) < 4.78 is 2.09. The average Bonchev–Trinajstić information content (AvgIpc) is 3.40. The van der Waals surface area contributed by atoms with Crippen molar-refractivity contribution in [3.8, 4) is 0 Å². The fraction of sp³-hybridized carbons (Fsp3) is 0.450. The lowest BCUT2D eigenvalue weighted by Crippen LogP contribution is -2.11. The molecule has 128 valence electrons. The summed E-state index contributed by atoms with van der Waals surface area (Å²) in [6.45, 7) is 2.19. The van der Waals surface area contributed by atoms with Crippen LogP contribution >= 0.6 is 0 Å². The maximum Gasteiger partial charge on any atom is 0.203 e. The lowest BCUT2D eigenvalue weighted by Gasteiger charge is -2.20. The Morgan fingerprint density at radius 2 is 1.96 bits per heavy atom. The Bertz CT molecular complexity index is 925. The molecule has 1 fully saturated rings. The number of aromatic nitrogens is 4. The predicted molar refractivity (Wildman–Crippen MR) is 97.9 cm³/mol. The van der Waals surface area contributed by atoms with Crippen LogP contribution in [0.2, 0.25) is 0 Å². The summed E-state index contributed by atoms with van der Waals surface area (Å²) in [5, 5.41) is 12.3. The quantitative estimate of drug-likeness (QED) is 0.782. The van der Waals surface area contributed by atoms with Gasteiger partial charge in [-0.05, 0) is 62.1 Å². The molecule has 1 aromatic carbocycles. The SMILES string of the molecule is CC(Nc1nccn2c(C3CC3)nnc12)c1ccc2c(c1)CCCC2. The van der Waals surface area contributed by atoms with E-state index in [1.165, 1.54) is 55.2 Å². The van der Waals surface area contributed by atoms with Gasteiger partial charge < -0.3 is 5.32 Å². The third-order valence-electron chi connectivity index (χ3n) is 5.52. The lowest BCUT2D eigenvalue weighted by atomic mass is 9.89. The highest BCUT2D eigenvalue weighted by molar-refractivity contribution is 5.63. The summed E-state index contributed by atoms with van der Waals surface area (Å²) in [5.74, 6) is 2.46. The zero-order valence-corrected chi connectivity index (χ0v) is 14.6. The topological polar surface area (TPSA) is 55.1 Å². The predicted octanol–water partition coefficient (Wildman–Crippen LogP) is 4.05. The molecule has 2 aliphatic carbocycles. The van der Waals surface area contributed by atoms with Crippen LogP contribution in [0, 0.1) is 0 Å². The van der Waals surface area contributed by atoms with Gasteiger partial charge in [0.05, 0.1) is 6.04 Å². The van der Waals surface area contributed by atoms with E-state index in [2.05, 4.69) is 50.0 Å². The molecule has 1 saturated carbocycles. The van der Waals surface area contributed by atoms with E-state index in [-0.39, 0.29) is 6.04 Å². The first-order valence-electron chi connectivity index (χ1n) is 9.37. The number of fused-ring (bicyclic) bond motifs is 2. The molecule has 1 unspecified atom stereocenters. The number of benzene rings is 1. The fourth-order valence-electron chi connectivity index (χ4n) is 3.88. The first-order chi connectivity index (χ1) is 12.3. The molecule has 0 saturated heterocycles. The Labute approximate surface area is 147 Å². The van der Waals surface area contributed by atoms with Crippen LogP contribution in [-0.4, -0.2) is 19.6 Å². The van der Waals surface area contributed by atoms with Crippen molar-refractivity contribution in [1.82, 2.24) is 19.6 Å². The van der Waals surface area contributed by atoms with Gasteiger partial charge in [-0.3, -0.25) is 4.40 Å². The van der Waals surface area contributed by atoms with Gasteiger partial charge in [0.2, 0.25) is 5.65 Å². The third kappa shape index (κ3) is 2.68. The molecule has 2 heterocycles. The minimum absolute atomic E-state index is 0.187. The van der Waals surface area contributed by atoms with Gasteiger partial charge >= 0.3 is 0 Å². The fourth-order valence-corrected chi connectivity index (χ4v) is 3.88. The standard InChI is InChI=1S/C20H23N5/c1-13(16-9-6-14-4-2-3-5-17(14)12-16)22-18-20-24-23-19(15-7-8-15)25(20)11-10-21-18/h6,9-13,15H,2-5,7-8H2,1H3,(H,21,22). The maximum absolute atomic E-state index is 4.52. The minimum atomic E-state index is 0.187. The normalized spacial score (nSPS) is 18.1. The van der Waals surface area contributed by atoms with Crippen LogP contribution < -0.4 is 5.32 Å². The van der Waals surface area contributed by atoms with Crippen molar-refractivity contribution in [1.29, 1.82) is 0 Å². The van der Waals surface area contributed by atoms with E-state index < -0.39 is 0 Å². The van der Waals surface area contributed by atoms with Crippen LogP contribution in [0.5, 0.6) is 0 Å². The van der Waals surface area contributed by atoms with Gasteiger partial charge in [0, 0.05) is 18.3 Å². The maximum atomic E-state index is 4.52. The first-order valence-corrected chi connectivity index (χ1v) is 9.37. The van der Waals surface area contributed by atoms with Crippen molar-refractivity contribution in [2.45, 2.75) is 57.4 Å². The molecule has 2 aromatic heterocycles. The number of hydrogen-bond donors (Lipinski definition) is 1. The zero-order valence-electron chi connectivity index (χ0n) is 14.6. The molecule has 5 rings (SSSR count). The molecule has 0 bridgehead atoms. The van der Waals surface area contributed by atoms with Crippen LogP contribution in [0.3, 0.4) is 0 Å². The number of anilines is 1. The van der Waals surface area contributed by atoms with E-state index in [1.54, 1.807) is 0 Å². The van der Waals surface area contributed by atoms with Crippen molar-refractivity contribution in [2.24, 2.45) is 0 Å². The van der Waals surface area contributed by atoms with Gasteiger partial charge in [-0.25, -0.2) is 4.98 Å². The van der Waals surface area contributed by atoms with Crippen molar-refractivity contribution in [3.63, 3.8) is 0 Å². The van der Waals surface area contributed by atoms with Gasteiger partial charge in [-0.1, -0.05) is 18.2 Å². The van der Waals surface area contributed by atoms with Gasteiger partial charge in [0.1, 0.15) is 5.82 Å². The molecule has 2 aliphatic rings. The largest absolute Gasteiger partial charge is 0.360 e. The van der Waals surface area contributed by atoms with E-state index in [0.29, 0.717) is 5.92 Å². The number of nitrogens with zero attached hydrogens (tertiary/aromatic N) is 4. The molecular weight excluding hydrogens is 310 g/mol. The van der Waals surface area contributed by atoms with Crippen molar-refractivity contribution in [2.75, 3.05) is 5.32 Å². The van der Waals surface area contributed by atoms with Crippen LogP contribution in [0.25, 0.3) is 5.65 Å². The second-order valence-electron chi connectivity index (χ2n) is 7.40. The van der Waals surface area contributed by atoms with E-state index >= 15 is 0 Å². The molecule has 5 nitrogen and oxygen atoms in total. The van der Waals surface area contributed by atoms with Gasteiger partial charge in [-0.2, -0.15) is 0 Å². The third-order valence-corrected chi connectivity index (χ3v) is 5.52. The zero-order chi connectivity index (χ0) is 16.8. The molecule has 5 heteroatoms. The molecule has 1 atom stereocenters. The number of rotatable bonds is 4. The molecule has 0 amide bonds. The van der Waals surface area contributed by atoms with E-state index in [1.807, 2.05) is 12.4 Å². The smallest absolute Gasteiger partial charge is 0.203 e. The van der Waals surface area contributed by atoms with Gasteiger partial charge in [0.25, 0.3) is 0 Å². The Balaban J connectivity index is 1.44. The molecule has 0 radical (unpaired) electrons. The molecule has 0 spiro atoms. The van der Waals surface area contributed by atoms with E-state index in [0.717, 1.165) is 17.3 Å². The molecule has 1 N–H and O–H groups in total. The monoisotopic (exact) mass is 333 g/mol. The highest BCUT2D eigenvalue weighted by atomic mass is 15.3. The summed E-state index contributed by atoms with van der Waals surface area (Å²) in [4.78, 5) is 4.52. The number of nitrogens with one attached hydrogen (secondary N) is 1. The van der Waals surface area contributed by atoms with Crippen LogP contribution in [0.1, 0.15) is 67.1 Å². The number of aryl methyl sites for hydroxylation is 2. The molecular formula is C20H23N5. The minimum Gasteiger partial charge on any atom is -0.360 e. The molecule has 0 aliphatic heterocycles. The Hall–Kier alpha value is -2.43. The van der Waals surface area contributed by atoms with Crippen LogP contribution in [-0.2, 0) is 12.8 Å². The average molecular weight is 333 g/mol. The van der Waals surface area contributed by atoms with Crippen molar-refractivity contribution < 1.29 is 0 Å². The Kier molecular flexibility index (Phi) is 3.47. The highest BCUT2D eigenvalue weighted by Crippen LogP contribution is 2.39. The number of hydrogen-bond acceptors (Lipinski definition) is 4. The lowest BCUT2D eigenvalue weighted by molar-refractivity contribution is 0.683. The van der Waals surface area contributed by atoms with Crippen molar-refractivity contribution in [3.05, 3.63) is 53.1 Å². The van der Waals surface area contributed by atoms with E-state index in [9.17, 15) is 0 Å². The summed E-state index contributed by atoms with van der Waals surface area (Å²) >= 11 is 0. The van der Waals surface area contributed by atoms with Gasteiger partial charge in [-0.15, -0.1) is 10.2 Å². The summed E-state index contributed by atoms with van der Waals surface area (Å²) in [7, 11) is 0. The summed E-state index contributed by atoms with van der Waals surface area (Å²) in [6.07, 6.45) is 11.3. The molecule has 25 heavy (non-hydrogen) atoms. The van der Waals surface area contributed by atoms with Gasteiger partial charge in [0.15, 0.2) is 5.82 Å².